The Morgan fingerprint density at radius 1 is 1.23 bits per heavy atom. The highest BCUT2D eigenvalue weighted by molar-refractivity contribution is 7.17. The first kappa shape index (κ1) is 20.3. The van der Waals surface area contributed by atoms with Gasteiger partial charge in [-0.2, -0.15) is 0 Å². The predicted molar refractivity (Wildman–Crippen MR) is 119 cm³/mol. The molecule has 0 aliphatic carbocycles. The number of aryl methyl sites for hydroxylation is 2. The molecule has 5 nitrogen and oxygen atoms in total. The van der Waals surface area contributed by atoms with Gasteiger partial charge >= 0.3 is 0 Å². The minimum absolute atomic E-state index is 0.000831. The number of thiophene rings is 1. The second-order valence-electron chi connectivity index (χ2n) is 6.86. The van der Waals surface area contributed by atoms with Crippen molar-refractivity contribution in [2.24, 2.45) is 0 Å². The van der Waals surface area contributed by atoms with Crippen molar-refractivity contribution in [3.8, 4) is 11.1 Å². The van der Waals surface area contributed by atoms with Crippen LogP contribution in [0.3, 0.4) is 0 Å². The molecule has 0 atom stereocenters. The quantitative estimate of drug-likeness (QED) is 0.459. The summed E-state index contributed by atoms with van der Waals surface area (Å²) in [5.41, 5.74) is 2.75. The van der Waals surface area contributed by atoms with Crippen molar-refractivity contribution in [2.75, 3.05) is 5.32 Å². The molecule has 0 aliphatic heterocycles. The highest BCUT2D eigenvalue weighted by atomic mass is 35.5. The summed E-state index contributed by atoms with van der Waals surface area (Å²) in [5.74, 6) is -1.02. The molecule has 4 aromatic rings. The summed E-state index contributed by atoms with van der Waals surface area (Å²) in [6, 6.07) is 12.0. The lowest BCUT2D eigenvalue weighted by molar-refractivity contribution is -0.116. The molecule has 2 aromatic carbocycles. The van der Waals surface area contributed by atoms with E-state index in [1.807, 2.05) is 36.6 Å². The van der Waals surface area contributed by atoms with Crippen LogP contribution in [0.15, 0.2) is 59.0 Å². The summed E-state index contributed by atoms with van der Waals surface area (Å²) in [7, 11) is 0. The molecule has 0 fully saturated rings. The number of nitrogens with one attached hydrogen (secondary N) is 1. The number of benzene rings is 2. The zero-order valence-electron chi connectivity index (χ0n) is 16.0. The van der Waals surface area contributed by atoms with Gasteiger partial charge in [0.05, 0.1) is 17.4 Å². The lowest BCUT2D eigenvalue weighted by Crippen LogP contribution is -2.23. The Labute approximate surface area is 180 Å². The summed E-state index contributed by atoms with van der Waals surface area (Å²) >= 11 is 7.13. The molecule has 0 saturated carbocycles. The first-order valence-electron chi connectivity index (χ1n) is 9.21. The van der Waals surface area contributed by atoms with Crippen LogP contribution in [0.5, 0.6) is 0 Å². The minimum Gasteiger partial charge on any atom is -0.324 e. The van der Waals surface area contributed by atoms with E-state index in [-0.39, 0.29) is 29.2 Å². The molecule has 4 rings (SSSR count). The van der Waals surface area contributed by atoms with Gasteiger partial charge in [0, 0.05) is 28.9 Å². The van der Waals surface area contributed by atoms with E-state index < -0.39 is 11.7 Å². The molecule has 0 aliphatic rings. The number of hydrogen-bond acceptors (Lipinski definition) is 4. The second-order valence-corrected chi connectivity index (χ2v) is 8.16. The van der Waals surface area contributed by atoms with Crippen molar-refractivity contribution in [1.29, 1.82) is 0 Å². The van der Waals surface area contributed by atoms with Crippen LogP contribution in [0, 0.1) is 12.7 Å². The van der Waals surface area contributed by atoms with Gasteiger partial charge < -0.3 is 5.32 Å². The van der Waals surface area contributed by atoms with Crippen LogP contribution in [0.1, 0.15) is 12.0 Å². The van der Waals surface area contributed by atoms with E-state index in [4.69, 9.17) is 11.6 Å². The van der Waals surface area contributed by atoms with E-state index in [2.05, 4.69) is 10.3 Å². The Balaban J connectivity index is 1.55. The van der Waals surface area contributed by atoms with E-state index in [0.717, 1.165) is 22.8 Å². The maximum Gasteiger partial charge on any atom is 0.262 e. The number of carbonyl (C=O) groups is 1. The zero-order valence-corrected chi connectivity index (χ0v) is 17.6. The number of carbonyl (C=O) groups excluding carboxylic acids is 1. The Bertz CT molecular complexity index is 1300. The fraction of sp³-hybridized carbons (Fsp3) is 0.136. The number of halogens is 2. The summed E-state index contributed by atoms with van der Waals surface area (Å²) in [6.45, 7) is 2.14. The third-order valence-corrected chi connectivity index (χ3v) is 5.83. The van der Waals surface area contributed by atoms with Gasteiger partial charge in [-0.1, -0.05) is 41.4 Å². The monoisotopic (exact) mass is 441 g/mol. The van der Waals surface area contributed by atoms with Crippen LogP contribution in [0.4, 0.5) is 10.1 Å². The molecule has 0 radical (unpaired) electrons. The third-order valence-electron chi connectivity index (χ3n) is 4.71. The molecule has 30 heavy (non-hydrogen) atoms. The molecule has 8 heteroatoms. The minimum atomic E-state index is -0.614. The molecular weight excluding hydrogens is 425 g/mol. The van der Waals surface area contributed by atoms with Crippen LogP contribution in [-0.4, -0.2) is 15.5 Å². The predicted octanol–water partition coefficient (Wildman–Crippen LogP) is 5.25. The number of rotatable bonds is 5. The number of amides is 1. The molecule has 1 N–H and O–H groups in total. The lowest BCUT2D eigenvalue weighted by atomic mass is 10.1. The standard InChI is InChI=1S/C22H17ClFN3O2S/c1-13-2-4-14(5-3-13)16-11-30-21-20(16)22(29)27(12-25-21)9-8-19(28)26-18-7-6-15(23)10-17(18)24/h2-7,10-12H,8-9H2,1H3,(H,26,28). The average molecular weight is 442 g/mol. The highest BCUT2D eigenvalue weighted by Crippen LogP contribution is 2.30. The first-order valence-corrected chi connectivity index (χ1v) is 10.5. The van der Waals surface area contributed by atoms with Gasteiger partial charge in [0.15, 0.2) is 0 Å². The first-order chi connectivity index (χ1) is 14.4. The number of nitrogens with zero attached hydrogens (tertiary/aromatic N) is 2. The summed E-state index contributed by atoms with van der Waals surface area (Å²) in [6.07, 6.45) is 1.44. The van der Waals surface area contributed by atoms with Crippen molar-refractivity contribution in [2.45, 2.75) is 19.9 Å². The van der Waals surface area contributed by atoms with Gasteiger partial charge in [0.25, 0.3) is 5.56 Å². The van der Waals surface area contributed by atoms with E-state index >= 15 is 0 Å². The molecular formula is C22H17ClFN3O2S. The molecule has 0 bridgehead atoms. The van der Waals surface area contributed by atoms with Crippen LogP contribution >= 0.6 is 22.9 Å². The van der Waals surface area contributed by atoms with Gasteiger partial charge in [-0.3, -0.25) is 14.2 Å². The topological polar surface area (TPSA) is 64.0 Å². The molecule has 152 valence electrons. The van der Waals surface area contributed by atoms with Crippen molar-refractivity contribution in [1.82, 2.24) is 9.55 Å². The van der Waals surface area contributed by atoms with E-state index in [9.17, 15) is 14.0 Å². The number of hydrogen-bond donors (Lipinski definition) is 1. The van der Waals surface area contributed by atoms with Gasteiger partial charge in [0.2, 0.25) is 5.91 Å². The van der Waals surface area contributed by atoms with Crippen LogP contribution in [-0.2, 0) is 11.3 Å². The van der Waals surface area contributed by atoms with Crippen molar-refractivity contribution < 1.29 is 9.18 Å². The van der Waals surface area contributed by atoms with Gasteiger partial charge in [-0.05, 0) is 30.7 Å². The van der Waals surface area contributed by atoms with Crippen LogP contribution in [0.2, 0.25) is 5.02 Å². The molecule has 0 unspecified atom stereocenters. The maximum absolute atomic E-state index is 13.8. The Morgan fingerprint density at radius 3 is 2.73 bits per heavy atom. The normalized spacial score (nSPS) is 11.0. The number of anilines is 1. The van der Waals surface area contributed by atoms with Crippen molar-refractivity contribution >= 4 is 44.7 Å². The van der Waals surface area contributed by atoms with Crippen LogP contribution < -0.4 is 10.9 Å². The second kappa shape index (κ2) is 8.38. The third kappa shape index (κ3) is 4.13. The van der Waals surface area contributed by atoms with E-state index in [1.54, 1.807) is 0 Å². The van der Waals surface area contributed by atoms with Gasteiger partial charge in [-0.25, -0.2) is 9.37 Å². The van der Waals surface area contributed by atoms with Crippen molar-refractivity contribution in [3.63, 3.8) is 0 Å². The SMILES string of the molecule is Cc1ccc(-c2csc3ncn(CCC(=O)Nc4ccc(Cl)cc4F)c(=O)c23)cc1. The number of aromatic nitrogens is 2. The molecule has 1 amide bonds. The molecule has 0 saturated heterocycles. The Kier molecular flexibility index (Phi) is 5.65. The van der Waals surface area contributed by atoms with E-state index in [0.29, 0.717) is 10.2 Å². The summed E-state index contributed by atoms with van der Waals surface area (Å²) in [5, 5.41) is 5.20. The van der Waals surface area contributed by atoms with Gasteiger partial charge in [-0.15, -0.1) is 11.3 Å². The highest BCUT2D eigenvalue weighted by Gasteiger charge is 2.14. The fourth-order valence-corrected chi connectivity index (χ4v) is 4.16. The summed E-state index contributed by atoms with van der Waals surface area (Å²) < 4.78 is 15.3. The fourth-order valence-electron chi connectivity index (χ4n) is 3.10. The molecule has 0 spiro atoms. The van der Waals surface area contributed by atoms with Crippen molar-refractivity contribution in [3.05, 3.63) is 80.9 Å². The Hall–Kier alpha value is -3.03. The number of fused-ring (bicyclic) bond motifs is 1. The average Bonchev–Trinajstić information content (AvgIpc) is 3.15. The molecule has 2 heterocycles. The lowest BCUT2D eigenvalue weighted by Gasteiger charge is -2.08. The van der Waals surface area contributed by atoms with E-state index in [1.165, 1.54) is 34.4 Å². The largest absolute Gasteiger partial charge is 0.324 e. The van der Waals surface area contributed by atoms with Crippen LogP contribution in [0.25, 0.3) is 21.3 Å². The van der Waals surface area contributed by atoms with Gasteiger partial charge in [0.1, 0.15) is 10.6 Å². The maximum atomic E-state index is 13.8. The smallest absolute Gasteiger partial charge is 0.262 e. The summed E-state index contributed by atoms with van der Waals surface area (Å²) in [4.78, 5) is 30.3. The zero-order chi connectivity index (χ0) is 21.3. The Morgan fingerprint density at radius 2 is 2.00 bits per heavy atom. The molecule has 2 aromatic heterocycles.